The van der Waals surface area contributed by atoms with Crippen LogP contribution in [0.1, 0.15) is 21.5 Å². The van der Waals surface area contributed by atoms with Gasteiger partial charge in [0, 0.05) is 13.2 Å². The Labute approximate surface area is 105 Å². The van der Waals surface area contributed by atoms with Gasteiger partial charge in [-0.25, -0.2) is 0 Å². The summed E-state index contributed by atoms with van der Waals surface area (Å²) in [5.74, 6) is 5.18. The largest absolute Gasteiger partial charge is 0.384 e. The summed E-state index contributed by atoms with van der Waals surface area (Å²) >= 11 is 1.31. The first-order valence-electron chi connectivity index (χ1n) is 5.33. The molecule has 0 spiro atoms. The summed E-state index contributed by atoms with van der Waals surface area (Å²) in [5, 5.41) is 11.3. The van der Waals surface area contributed by atoms with Gasteiger partial charge in [-0.2, -0.15) is 0 Å². The molecule has 17 heavy (non-hydrogen) atoms. The lowest BCUT2D eigenvalue weighted by Gasteiger charge is -2.02. The molecular weight excluding hydrogens is 238 g/mol. The van der Waals surface area contributed by atoms with Crippen LogP contribution in [0.2, 0.25) is 0 Å². The third kappa shape index (κ3) is 5.00. The highest BCUT2D eigenvalue weighted by Crippen LogP contribution is 2.14. The predicted molar refractivity (Wildman–Crippen MR) is 67.1 cm³/mol. The molecule has 2 N–H and O–H groups in total. The maximum absolute atomic E-state index is 11.6. The Bertz CT molecular complexity index is 417. The first-order valence-corrected chi connectivity index (χ1v) is 6.15. The maximum Gasteiger partial charge on any atom is 0.261 e. The average molecular weight is 253 g/mol. The second-order valence-electron chi connectivity index (χ2n) is 3.08. The summed E-state index contributed by atoms with van der Waals surface area (Å²) in [6, 6.07) is 3.49. The van der Waals surface area contributed by atoms with Crippen molar-refractivity contribution in [1.29, 1.82) is 0 Å². The van der Waals surface area contributed by atoms with Crippen LogP contribution in [0.15, 0.2) is 12.1 Å². The van der Waals surface area contributed by atoms with Gasteiger partial charge in [0.15, 0.2) is 0 Å². The standard InChI is InChI=1S/C12H15NO3S/c1-2-16-9-7-13-12(15)11-6-5-10(17-11)4-3-8-14/h5-6,14H,2,7-9H2,1H3,(H,13,15). The van der Waals surface area contributed by atoms with Crippen molar-refractivity contribution >= 4 is 17.2 Å². The molecule has 0 aliphatic rings. The van der Waals surface area contributed by atoms with Gasteiger partial charge in [0.05, 0.1) is 16.4 Å². The smallest absolute Gasteiger partial charge is 0.261 e. The topological polar surface area (TPSA) is 58.6 Å². The number of rotatable bonds is 5. The Morgan fingerprint density at radius 2 is 2.41 bits per heavy atom. The first-order chi connectivity index (χ1) is 8.27. The van der Waals surface area contributed by atoms with Crippen LogP contribution in [0.4, 0.5) is 0 Å². The SMILES string of the molecule is CCOCCNC(=O)c1ccc(C#CCO)s1. The summed E-state index contributed by atoms with van der Waals surface area (Å²) in [4.78, 5) is 13.0. The van der Waals surface area contributed by atoms with E-state index in [4.69, 9.17) is 9.84 Å². The normalized spacial score (nSPS) is 9.53. The first kappa shape index (κ1) is 13.7. The Morgan fingerprint density at radius 1 is 1.59 bits per heavy atom. The van der Waals surface area contributed by atoms with Crippen molar-refractivity contribution in [2.45, 2.75) is 6.92 Å². The lowest BCUT2D eigenvalue weighted by Crippen LogP contribution is -2.26. The van der Waals surface area contributed by atoms with Gasteiger partial charge in [0.2, 0.25) is 0 Å². The molecule has 0 unspecified atom stereocenters. The molecular formula is C12H15NO3S. The molecule has 1 amide bonds. The molecule has 1 aromatic heterocycles. The second-order valence-corrected chi connectivity index (χ2v) is 4.16. The molecule has 0 aliphatic carbocycles. The van der Waals surface area contributed by atoms with Gasteiger partial charge in [0.1, 0.15) is 6.61 Å². The molecule has 0 bridgehead atoms. The van der Waals surface area contributed by atoms with Crippen LogP contribution in [0, 0.1) is 11.8 Å². The van der Waals surface area contributed by atoms with E-state index in [9.17, 15) is 4.79 Å². The molecule has 0 aromatic carbocycles. The van der Waals surface area contributed by atoms with Crippen LogP contribution in [0.25, 0.3) is 0 Å². The summed E-state index contributed by atoms with van der Waals surface area (Å²) in [7, 11) is 0. The molecule has 0 radical (unpaired) electrons. The average Bonchev–Trinajstić information content (AvgIpc) is 2.80. The minimum Gasteiger partial charge on any atom is -0.384 e. The number of hydrogen-bond acceptors (Lipinski definition) is 4. The Balaban J connectivity index is 2.43. The van der Waals surface area contributed by atoms with Gasteiger partial charge >= 0.3 is 0 Å². The lowest BCUT2D eigenvalue weighted by atomic mass is 10.4. The molecule has 4 nitrogen and oxygen atoms in total. The Morgan fingerprint density at radius 3 is 3.12 bits per heavy atom. The van der Waals surface area contributed by atoms with Gasteiger partial charge in [-0.3, -0.25) is 4.79 Å². The number of carbonyl (C=O) groups is 1. The van der Waals surface area contributed by atoms with Gasteiger partial charge in [0.25, 0.3) is 5.91 Å². The zero-order valence-corrected chi connectivity index (χ0v) is 10.5. The number of amides is 1. The highest BCUT2D eigenvalue weighted by molar-refractivity contribution is 7.14. The van der Waals surface area contributed by atoms with Crippen molar-refractivity contribution < 1.29 is 14.6 Å². The minimum absolute atomic E-state index is 0.119. The summed E-state index contributed by atoms with van der Waals surface area (Å²) in [6.07, 6.45) is 0. The molecule has 0 fully saturated rings. The van der Waals surface area contributed by atoms with Crippen LogP contribution >= 0.6 is 11.3 Å². The highest BCUT2D eigenvalue weighted by atomic mass is 32.1. The monoisotopic (exact) mass is 253 g/mol. The molecule has 0 saturated carbocycles. The predicted octanol–water partition coefficient (Wildman–Crippen LogP) is 0.858. The molecule has 1 heterocycles. The van der Waals surface area contributed by atoms with Crippen LogP contribution in [0.5, 0.6) is 0 Å². The molecule has 1 rings (SSSR count). The quantitative estimate of drug-likeness (QED) is 0.604. The Kier molecular flexibility index (Phi) is 6.33. The number of ether oxygens (including phenoxy) is 1. The van der Waals surface area contributed by atoms with Crippen molar-refractivity contribution in [2.24, 2.45) is 0 Å². The molecule has 0 saturated heterocycles. The third-order valence-electron chi connectivity index (χ3n) is 1.86. The second kappa shape index (κ2) is 7.85. The van der Waals surface area contributed by atoms with E-state index in [2.05, 4.69) is 17.2 Å². The van der Waals surface area contributed by atoms with E-state index in [0.717, 1.165) is 4.88 Å². The fraction of sp³-hybridized carbons (Fsp3) is 0.417. The molecule has 0 aliphatic heterocycles. The minimum atomic E-state index is -0.173. The molecule has 0 atom stereocenters. The van der Waals surface area contributed by atoms with Crippen molar-refractivity contribution in [1.82, 2.24) is 5.32 Å². The summed E-state index contributed by atoms with van der Waals surface area (Å²) in [6.45, 7) is 3.41. The van der Waals surface area contributed by atoms with E-state index >= 15 is 0 Å². The third-order valence-corrected chi connectivity index (χ3v) is 2.86. The number of thiophene rings is 1. The molecule has 92 valence electrons. The summed E-state index contributed by atoms with van der Waals surface area (Å²) in [5.41, 5.74) is 0. The number of aliphatic hydroxyl groups excluding tert-OH is 1. The number of carbonyl (C=O) groups excluding carboxylic acids is 1. The number of aliphatic hydroxyl groups is 1. The van der Waals surface area contributed by atoms with Crippen molar-refractivity contribution in [2.75, 3.05) is 26.4 Å². The van der Waals surface area contributed by atoms with Crippen molar-refractivity contribution in [3.05, 3.63) is 21.9 Å². The zero-order chi connectivity index (χ0) is 12.5. The van der Waals surface area contributed by atoms with Crippen LogP contribution in [-0.2, 0) is 4.74 Å². The van der Waals surface area contributed by atoms with E-state index in [1.54, 1.807) is 12.1 Å². The van der Waals surface area contributed by atoms with Crippen molar-refractivity contribution in [3.63, 3.8) is 0 Å². The molecule has 1 aromatic rings. The number of nitrogens with one attached hydrogen (secondary N) is 1. The van der Waals surface area contributed by atoms with E-state index in [-0.39, 0.29) is 12.5 Å². The van der Waals surface area contributed by atoms with E-state index in [1.165, 1.54) is 11.3 Å². The van der Waals surface area contributed by atoms with Crippen LogP contribution in [0.3, 0.4) is 0 Å². The summed E-state index contributed by atoms with van der Waals surface area (Å²) < 4.78 is 5.12. The van der Waals surface area contributed by atoms with Gasteiger partial charge in [-0.15, -0.1) is 11.3 Å². The van der Waals surface area contributed by atoms with E-state index in [0.29, 0.717) is 24.6 Å². The maximum atomic E-state index is 11.6. The fourth-order valence-corrected chi connectivity index (χ4v) is 1.92. The number of hydrogen-bond donors (Lipinski definition) is 2. The van der Waals surface area contributed by atoms with Crippen LogP contribution < -0.4 is 5.32 Å². The lowest BCUT2D eigenvalue weighted by molar-refractivity contribution is 0.0926. The highest BCUT2D eigenvalue weighted by Gasteiger charge is 2.07. The van der Waals surface area contributed by atoms with Gasteiger partial charge in [-0.1, -0.05) is 11.8 Å². The van der Waals surface area contributed by atoms with Crippen LogP contribution in [-0.4, -0.2) is 37.4 Å². The van der Waals surface area contributed by atoms with E-state index in [1.807, 2.05) is 6.92 Å². The zero-order valence-electron chi connectivity index (χ0n) is 9.66. The fourth-order valence-electron chi connectivity index (χ4n) is 1.12. The van der Waals surface area contributed by atoms with Crippen molar-refractivity contribution in [3.8, 4) is 11.8 Å². The Hall–Kier alpha value is -1.35. The van der Waals surface area contributed by atoms with Gasteiger partial charge < -0.3 is 15.2 Å². The molecule has 5 heteroatoms. The van der Waals surface area contributed by atoms with E-state index < -0.39 is 0 Å². The van der Waals surface area contributed by atoms with Gasteiger partial charge in [-0.05, 0) is 19.1 Å².